The summed E-state index contributed by atoms with van der Waals surface area (Å²) < 4.78 is 0.242. The van der Waals surface area contributed by atoms with Gasteiger partial charge >= 0.3 is 5.97 Å². The summed E-state index contributed by atoms with van der Waals surface area (Å²) in [5.41, 5.74) is -1.70. The van der Waals surface area contributed by atoms with Gasteiger partial charge in [0.25, 0.3) is 11.6 Å². The van der Waals surface area contributed by atoms with E-state index in [1.54, 1.807) is 0 Å². The second-order valence-corrected chi connectivity index (χ2v) is 5.16. The molecule has 1 rings (SSSR count). The summed E-state index contributed by atoms with van der Waals surface area (Å²) in [7, 11) is 0. The van der Waals surface area contributed by atoms with Crippen LogP contribution in [0.3, 0.4) is 0 Å². The highest BCUT2D eigenvalue weighted by Crippen LogP contribution is 2.25. The average Bonchev–Trinajstić information content (AvgIpc) is 2.28. The Labute approximate surface area is 116 Å². The lowest BCUT2D eigenvalue weighted by atomic mass is 10.1. The van der Waals surface area contributed by atoms with Gasteiger partial charge in [-0.05, 0) is 41.9 Å². The van der Waals surface area contributed by atoms with Crippen LogP contribution in [-0.4, -0.2) is 27.4 Å². The van der Waals surface area contributed by atoms with Crippen LogP contribution in [0.5, 0.6) is 0 Å². The Morgan fingerprint density at radius 3 is 2.47 bits per heavy atom. The zero-order chi connectivity index (χ0) is 14.8. The molecule has 8 heteroatoms. The third-order valence-corrected chi connectivity index (χ3v) is 3.04. The predicted octanol–water partition coefficient (Wildman–Crippen LogP) is 1.95. The summed E-state index contributed by atoms with van der Waals surface area (Å²) in [6.45, 7) is 2.64. The first-order chi connectivity index (χ1) is 8.65. The minimum absolute atomic E-state index is 0.0178. The van der Waals surface area contributed by atoms with Gasteiger partial charge in [-0.1, -0.05) is 0 Å². The highest BCUT2D eigenvalue weighted by Gasteiger charge is 2.29. The molecule has 0 radical (unpaired) electrons. The van der Waals surface area contributed by atoms with Crippen LogP contribution in [0.25, 0.3) is 0 Å². The van der Waals surface area contributed by atoms with Crippen LogP contribution < -0.4 is 5.32 Å². The molecular formula is C11H11BrN2O5. The number of halogens is 1. The lowest BCUT2D eigenvalue weighted by Crippen LogP contribution is -2.49. The van der Waals surface area contributed by atoms with Crippen LogP contribution in [0.4, 0.5) is 5.69 Å². The van der Waals surface area contributed by atoms with Crippen molar-refractivity contribution in [2.45, 2.75) is 19.4 Å². The maximum absolute atomic E-state index is 11.8. The molecule has 102 valence electrons. The summed E-state index contributed by atoms with van der Waals surface area (Å²) >= 11 is 3.00. The number of aliphatic carboxylic acids is 1. The second-order valence-electron chi connectivity index (χ2n) is 4.31. The van der Waals surface area contributed by atoms with Crippen LogP contribution in [-0.2, 0) is 4.79 Å². The van der Waals surface area contributed by atoms with Crippen molar-refractivity contribution < 1.29 is 19.6 Å². The maximum Gasteiger partial charge on any atom is 0.328 e. The van der Waals surface area contributed by atoms with Gasteiger partial charge in [-0.15, -0.1) is 0 Å². The first-order valence-electron chi connectivity index (χ1n) is 5.15. The number of benzene rings is 1. The molecular weight excluding hydrogens is 320 g/mol. The molecule has 0 saturated carbocycles. The number of rotatable bonds is 4. The van der Waals surface area contributed by atoms with Crippen molar-refractivity contribution in [3.63, 3.8) is 0 Å². The number of nitrogens with zero attached hydrogens (tertiary/aromatic N) is 1. The van der Waals surface area contributed by atoms with E-state index in [-0.39, 0.29) is 15.7 Å². The van der Waals surface area contributed by atoms with Crippen LogP contribution in [0.15, 0.2) is 22.7 Å². The number of amides is 1. The monoisotopic (exact) mass is 330 g/mol. The molecule has 0 aromatic heterocycles. The van der Waals surface area contributed by atoms with Crippen molar-refractivity contribution in [2.24, 2.45) is 0 Å². The number of nitro groups is 1. The molecule has 1 aromatic rings. The summed E-state index contributed by atoms with van der Waals surface area (Å²) in [6, 6.07) is 3.81. The highest BCUT2D eigenvalue weighted by molar-refractivity contribution is 9.10. The van der Waals surface area contributed by atoms with Gasteiger partial charge in [0.1, 0.15) is 5.54 Å². The van der Waals surface area contributed by atoms with Crippen LogP contribution in [0, 0.1) is 10.1 Å². The topological polar surface area (TPSA) is 110 Å². The minimum Gasteiger partial charge on any atom is -0.480 e. The van der Waals surface area contributed by atoms with Crippen molar-refractivity contribution in [3.05, 3.63) is 38.3 Å². The van der Waals surface area contributed by atoms with Gasteiger partial charge in [0.05, 0.1) is 9.40 Å². The third-order valence-electron chi connectivity index (χ3n) is 2.37. The zero-order valence-electron chi connectivity index (χ0n) is 10.1. The minimum atomic E-state index is -1.46. The number of carbonyl (C=O) groups excluding carboxylic acids is 1. The van der Waals surface area contributed by atoms with Gasteiger partial charge in [-0.3, -0.25) is 14.9 Å². The normalized spacial score (nSPS) is 10.9. The van der Waals surface area contributed by atoms with E-state index < -0.39 is 22.3 Å². The first-order valence-corrected chi connectivity index (χ1v) is 5.94. The highest BCUT2D eigenvalue weighted by atomic mass is 79.9. The molecule has 0 heterocycles. The van der Waals surface area contributed by atoms with Crippen LogP contribution in [0.1, 0.15) is 24.2 Å². The van der Waals surface area contributed by atoms with Gasteiger partial charge in [-0.25, -0.2) is 4.79 Å². The Kier molecular flexibility index (Phi) is 4.25. The summed E-state index contributed by atoms with van der Waals surface area (Å²) in [4.78, 5) is 32.8. The lowest BCUT2D eigenvalue weighted by molar-refractivity contribution is -0.385. The van der Waals surface area contributed by atoms with E-state index in [0.29, 0.717) is 0 Å². The van der Waals surface area contributed by atoms with Gasteiger partial charge in [0.15, 0.2) is 0 Å². The van der Waals surface area contributed by atoms with E-state index >= 15 is 0 Å². The molecule has 2 N–H and O–H groups in total. The summed E-state index contributed by atoms with van der Waals surface area (Å²) in [6.07, 6.45) is 0. The van der Waals surface area contributed by atoms with Crippen molar-refractivity contribution >= 4 is 33.5 Å². The Balaban J connectivity index is 3.05. The van der Waals surface area contributed by atoms with E-state index in [0.717, 1.165) is 6.07 Å². The molecule has 0 spiro atoms. The number of hydrogen-bond donors (Lipinski definition) is 2. The molecule has 0 unspecified atom stereocenters. The zero-order valence-corrected chi connectivity index (χ0v) is 11.7. The van der Waals surface area contributed by atoms with Crippen LogP contribution >= 0.6 is 15.9 Å². The number of carbonyl (C=O) groups is 2. The van der Waals surface area contributed by atoms with Crippen molar-refractivity contribution in [2.75, 3.05) is 0 Å². The fourth-order valence-corrected chi connectivity index (χ4v) is 1.59. The number of carboxylic acid groups (broad SMARTS) is 1. The van der Waals surface area contributed by atoms with Gasteiger partial charge in [-0.2, -0.15) is 0 Å². The van der Waals surface area contributed by atoms with E-state index in [2.05, 4.69) is 21.2 Å². The smallest absolute Gasteiger partial charge is 0.328 e. The molecule has 19 heavy (non-hydrogen) atoms. The molecule has 0 aliphatic heterocycles. The number of carboxylic acids is 1. The Morgan fingerprint density at radius 2 is 2.00 bits per heavy atom. The van der Waals surface area contributed by atoms with E-state index in [4.69, 9.17) is 5.11 Å². The molecule has 0 fully saturated rings. The fraction of sp³-hybridized carbons (Fsp3) is 0.273. The molecule has 0 aliphatic carbocycles. The Bertz CT molecular complexity index is 556. The molecule has 7 nitrogen and oxygen atoms in total. The molecule has 0 atom stereocenters. The Hall–Kier alpha value is -1.96. The van der Waals surface area contributed by atoms with E-state index in [1.807, 2.05) is 0 Å². The van der Waals surface area contributed by atoms with Crippen molar-refractivity contribution in [3.8, 4) is 0 Å². The molecule has 0 bridgehead atoms. The van der Waals surface area contributed by atoms with E-state index in [9.17, 15) is 19.7 Å². The molecule has 0 aliphatic rings. The molecule has 1 aromatic carbocycles. The van der Waals surface area contributed by atoms with Crippen molar-refractivity contribution in [1.29, 1.82) is 0 Å². The first kappa shape index (κ1) is 15.1. The second kappa shape index (κ2) is 5.35. The maximum atomic E-state index is 11.8. The van der Waals surface area contributed by atoms with Gasteiger partial charge in [0, 0.05) is 11.6 Å². The van der Waals surface area contributed by atoms with Gasteiger partial charge in [0.2, 0.25) is 0 Å². The number of nitrogens with one attached hydrogen (secondary N) is 1. The lowest BCUT2D eigenvalue weighted by Gasteiger charge is -2.20. The fourth-order valence-electron chi connectivity index (χ4n) is 1.20. The standard InChI is InChI=1S/C11H11BrN2O5/c1-11(2,10(16)17)13-9(15)6-3-4-7(12)8(5-6)14(18)19/h3-5H,1-2H3,(H,13,15)(H,16,17). The molecule has 1 amide bonds. The van der Waals surface area contributed by atoms with Crippen LogP contribution in [0.2, 0.25) is 0 Å². The summed E-state index contributed by atoms with van der Waals surface area (Å²) in [5.74, 6) is -1.89. The average molecular weight is 331 g/mol. The van der Waals surface area contributed by atoms with Crippen molar-refractivity contribution in [1.82, 2.24) is 5.32 Å². The predicted molar refractivity (Wildman–Crippen MR) is 70.0 cm³/mol. The summed E-state index contributed by atoms with van der Waals surface area (Å²) in [5, 5.41) is 21.9. The Morgan fingerprint density at radius 1 is 1.42 bits per heavy atom. The number of hydrogen-bond acceptors (Lipinski definition) is 4. The quantitative estimate of drug-likeness (QED) is 0.647. The SMILES string of the molecule is CC(C)(NC(=O)c1ccc(Br)c([N+](=O)[O-])c1)C(=O)O. The van der Waals surface area contributed by atoms with E-state index in [1.165, 1.54) is 26.0 Å². The largest absolute Gasteiger partial charge is 0.480 e. The number of nitro benzene ring substituents is 1. The van der Waals surface area contributed by atoms with Gasteiger partial charge < -0.3 is 10.4 Å². The third kappa shape index (κ3) is 3.50. The molecule has 0 saturated heterocycles.